The summed E-state index contributed by atoms with van der Waals surface area (Å²) in [5.74, 6) is 0.735. The van der Waals surface area contributed by atoms with Crippen LogP contribution in [0.25, 0.3) is 0 Å². The van der Waals surface area contributed by atoms with Crippen molar-refractivity contribution in [3.05, 3.63) is 28.0 Å². The van der Waals surface area contributed by atoms with Crippen molar-refractivity contribution in [2.24, 2.45) is 5.92 Å². The van der Waals surface area contributed by atoms with E-state index in [1.54, 1.807) is 17.5 Å². The number of anilines is 1. The number of amides is 2. The van der Waals surface area contributed by atoms with Crippen molar-refractivity contribution in [1.82, 2.24) is 20.1 Å². The molecule has 1 saturated carbocycles. The molecule has 0 saturated heterocycles. The molecule has 2 aromatic rings. The van der Waals surface area contributed by atoms with Gasteiger partial charge in [0.2, 0.25) is 0 Å². The Morgan fingerprint density at radius 2 is 2.27 bits per heavy atom. The second-order valence-electron chi connectivity index (χ2n) is 5.84. The van der Waals surface area contributed by atoms with Crippen molar-refractivity contribution >= 4 is 23.1 Å². The van der Waals surface area contributed by atoms with Gasteiger partial charge >= 0.3 is 6.03 Å². The number of aromatic nitrogens is 3. The second kappa shape index (κ2) is 6.08. The third-order valence-corrected chi connectivity index (χ3v) is 5.06. The lowest BCUT2D eigenvalue weighted by atomic mass is 10.2. The Kier molecular flexibility index (Phi) is 4.15. The van der Waals surface area contributed by atoms with Crippen molar-refractivity contribution in [2.45, 2.75) is 46.2 Å². The van der Waals surface area contributed by atoms with E-state index in [2.05, 4.69) is 27.6 Å². The first-order valence-electron chi connectivity index (χ1n) is 7.55. The van der Waals surface area contributed by atoms with Crippen LogP contribution in [0.1, 0.15) is 41.4 Å². The summed E-state index contributed by atoms with van der Waals surface area (Å²) in [4.78, 5) is 17.4. The highest BCUT2D eigenvalue weighted by Crippen LogP contribution is 2.39. The monoisotopic (exact) mass is 319 g/mol. The molecule has 0 spiro atoms. The minimum absolute atomic E-state index is 0.218. The summed E-state index contributed by atoms with van der Waals surface area (Å²) in [6, 6.07) is 0.186. The number of hydrogen-bond donors (Lipinski definition) is 2. The van der Waals surface area contributed by atoms with Crippen LogP contribution in [-0.2, 0) is 6.54 Å². The number of thiazole rings is 1. The summed E-state index contributed by atoms with van der Waals surface area (Å²) < 4.78 is 1.93. The second-order valence-corrected chi connectivity index (χ2v) is 7.12. The number of hydrogen-bond acceptors (Lipinski definition) is 4. The number of rotatable bonds is 5. The fourth-order valence-corrected chi connectivity index (χ4v) is 3.37. The van der Waals surface area contributed by atoms with Gasteiger partial charge in [-0.2, -0.15) is 5.10 Å². The predicted octanol–water partition coefficient (Wildman–Crippen LogP) is 3.25. The average molecular weight is 319 g/mol. The highest BCUT2D eigenvalue weighted by molar-refractivity contribution is 7.11. The standard InChI is InChI=1S/C15H21N5OS/c1-9-14(22-11(3)18-9)7-16-15(21)19-13-6-17-20(8-13)10(2)12-4-5-12/h6,8,10,12H,4-5,7H2,1-3H3,(H2,16,19,21). The van der Waals surface area contributed by atoms with E-state index in [4.69, 9.17) is 0 Å². The van der Waals surface area contributed by atoms with Crippen LogP contribution >= 0.6 is 11.3 Å². The van der Waals surface area contributed by atoms with Gasteiger partial charge in [-0.05, 0) is 39.5 Å². The summed E-state index contributed by atoms with van der Waals surface area (Å²) in [5.41, 5.74) is 1.70. The van der Waals surface area contributed by atoms with Gasteiger partial charge in [0.1, 0.15) is 0 Å². The molecule has 6 nitrogen and oxygen atoms in total. The number of carbonyl (C=O) groups excluding carboxylic acids is 1. The highest BCUT2D eigenvalue weighted by atomic mass is 32.1. The van der Waals surface area contributed by atoms with Gasteiger partial charge in [-0.25, -0.2) is 9.78 Å². The Morgan fingerprint density at radius 3 is 2.91 bits per heavy atom. The first kappa shape index (κ1) is 15.0. The maximum Gasteiger partial charge on any atom is 0.319 e. The quantitative estimate of drug-likeness (QED) is 0.888. The summed E-state index contributed by atoms with van der Waals surface area (Å²) >= 11 is 1.61. The molecule has 3 rings (SSSR count). The lowest BCUT2D eigenvalue weighted by Gasteiger charge is -2.09. The lowest BCUT2D eigenvalue weighted by Crippen LogP contribution is -2.27. The van der Waals surface area contributed by atoms with E-state index in [-0.39, 0.29) is 6.03 Å². The minimum Gasteiger partial charge on any atom is -0.333 e. The van der Waals surface area contributed by atoms with E-state index in [1.165, 1.54) is 12.8 Å². The number of aryl methyl sites for hydroxylation is 2. The molecular weight excluding hydrogens is 298 g/mol. The van der Waals surface area contributed by atoms with Crippen molar-refractivity contribution in [2.75, 3.05) is 5.32 Å². The molecule has 1 unspecified atom stereocenters. The Labute approximate surface area is 133 Å². The van der Waals surface area contributed by atoms with Crippen molar-refractivity contribution in [3.63, 3.8) is 0 Å². The molecule has 2 amide bonds. The zero-order valence-corrected chi connectivity index (χ0v) is 13.9. The van der Waals surface area contributed by atoms with Crippen LogP contribution in [0.3, 0.4) is 0 Å². The van der Waals surface area contributed by atoms with Crippen molar-refractivity contribution < 1.29 is 4.79 Å². The molecule has 1 atom stereocenters. The molecule has 118 valence electrons. The molecule has 2 aromatic heterocycles. The lowest BCUT2D eigenvalue weighted by molar-refractivity contribution is 0.252. The molecule has 2 N–H and O–H groups in total. The summed E-state index contributed by atoms with van der Waals surface area (Å²) in [6.45, 7) is 6.59. The van der Waals surface area contributed by atoms with E-state index in [0.29, 0.717) is 12.6 Å². The zero-order chi connectivity index (χ0) is 15.7. The van der Waals surface area contributed by atoms with E-state index in [9.17, 15) is 4.79 Å². The smallest absolute Gasteiger partial charge is 0.319 e. The fourth-order valence-electron chi connectivity index (χ4n) is 2.49. The van der Waals surface area contributed by atoms with Crippen LogP contribution in [0.5, 0.6) is 0 Å². The van der Waals surface area contributed by atoms with Gasteiger partial charge < -0.3 is 10.6 Å². The third kappa shape index (κ3) is 3.47. The molecule has 1 aliphatic rings. The molecule has 1 aliphatic carbocycles. The van der Waals surface area contributed by atoms with Gasteiger partial charge in [-0.3, -0.25) is 4.68 Å². The maximum absolute atomic E-state index is 12.0. The van der Waals surface area contributed by atoms with Gasteiger partial charge in [-0.15, -0.1) is 11.3 Å². The Bertz CT molecular complexity index is 673. The van der Waals surface area contributed by atoms with E-state index in [0.717, 1.165) is 27.2 Å². The predicted molar refractivity (Wildman–Crippen MR) is 87.1 cm³/mol. The van der Waals surface area contributed by atoms with Crippen LogP contribution in [0.4, 0.5) is 10.5 Å². The summed E-state index contributed by atoms with van der Waals surface area (Å²) in [5, 5.41) is 11.0. The summed E-state index contributed by atoms with van der Waals surface area (Å²) in [7, 11) is 0. The van der Waals surface area contributed by atoms with Crippen molar-refractivity contribution in [3.8, 4) is 0 Å². The maximum atomic E-state index is 12.0. The zero-order valence-electron chi connectivity index (χ0n) is 13.1. The van der Waals surface area contributed by atoms with Crippen LogP contribution in [-0.4, -0.2) is 20.8 Å². The third-order valence-electron chi connectivity index (χ3n) is 3.99. The topological polar surface area (TPSA) is 71.8 Å². The molecule has 0 radical (unpaired) electrons. The molecule has 0 bridgehead atoms. The fraction of sp³-hybridized carbons (Fsp3) is 0.533. The minimum atomic E-state index is -0.218. The van der Waals surface area contributed by atoms with Crippen molar-refractivity contribution in [1.29, 1.82) is 0 Å². The van der Waals surface area contributed by atoms with Crippen LogP contribution in [0.2, 0.25) is 0 Å². The van der Waals surface area contributed by atoms with Gasteiger partial charge in [0, 0.05) is 11.1 Å². The number of nitrogens with one attached hydrogen (secondary N) is 2. The van der Waals surface area contributed by atoms with E-state index < -0.39 is 0 Å². The van der Waals surface area contributed by atoms with E-state index >= 15 is 0 Å². The Hall–Kier alpha value is -1.89. The molecule has 2 heterocycles. The Balaban J connectivity index is 1.52. The number of urea groups is 1. The Morgan fingerprint density at radius 1 is 1.50 bits per heavy atom. The highest BCUT2D eigenvalue weighted by Gasteiger charge is 2.29. The molecule has 7 heteroatoms. The molecule has 22 heavy (non-hydrogen) atoms. The summed E-state index contributed by atoms with van der Waals surface area (Å²) in [6.07, 6.45) is 6.14. The normalized spacial score (nSPS) is 15.6. The molecule has 0 aliphatic heterocycles. The largest absolute Gasteiger partial charge is 0.333 e. The molecule has 0 aromatic carbocycles. The molecule has 1 fully saturated rings. The van der Waals surface area contributed by atoms with Gasteiger partial charge in [0.05, 0.1) is 35.2 Å². The average Bonchev–Trinajstić information content (AvgIpc) is 3.14. The van der Waals surface area contributed by atoms with Crippen LogP contribution in [0.15, 0.2) is 12.4 Å². The molecular formula is C15H21N5OS. The van der Waals surface area contributed by atoms with Gasteiger partial charge in [0.15, 0.2) is 0 Å². The van der Waals surface area contributed by atoms with Gasteiger partial charge in [-0.1, -0.05) is 0 Å². The van der Waals surface area contributed by atoms with Crippen LogP contribution in [0, 0.1) is 19.8 Å². The first-order chi connectivity index (χ1) is 10.5. The first-order valence-corrected chi connectivity index (χ1v) is 8.36. The van der Waals surface area contributed by atoms with Crippen LogP contribution < -0.4 is 10.6 Å². The van der Waals surface area contributed by atoms with Gasteiger partial charge in [0.25, 0.3) is 0 Å². The number of nitrogens with zero attached hydrogens (tertiary/aromatic N) is 3. The SMILES string of the molecule is Cc1nc(C)c(CNC(=O)Nc2cnn(C(C)C3CC3)c2)s1. The number of carbonyl (C=O) groups is 1. The van der Waals surface area contributed by atoms with E-state index in [1.807, 2.05) is 24.7 Å².